The number of rotatable bonds is 1. The molecule has 1 heterocycles. The zero-order valence-electron chi connectivity index (χ0n) is 5.69. The molecule has 11 heavy (non-hydrogen) atoms. The zero-order valence-corrected chi connectivity index (χ0v) is 5.69. The SMILES string of the molecule is OCc1ccc2nonc2c1. The molecule has 0 radical (unpaired) electrons. The van der Waals surface area contributed by atoms with Crippen molar-refractivity contribution < 1.29 is 9.74 Å². The molecule has 56 valence electrons. The minimum Gasteiger partial charge on any atom is -0.392 e. The van der Waals surface area contributed by atoms with Crippen LogP contribution in [0.1, 0.15) is 5.56 Å². The van der Waals surface area contributed by atoms with Crippen LogP contribution in [-0.4, -0.2) is 15.4 Å². The Kier molecular flexibility index (Phi) is 1.33. The number of nitrogens with zero attached hydrogens (tertiary/aromatic N) is 2. The molecule has 0 aliphatic rings. The monoisotopic (exact) mass is 150 g/mol. The minimum absolute atomic E-state index is 0.0167. The van der Waals surface area contributed by atoms with E-state index in [9.17, 15) is 0 Å². The topological polar surface area (TPSA) is 59.2 Å². The van der Waals surface area contributed by atoms with Crippen molar-refractivity contribution in [2.45, 2.75) is 6.61 Å². The van der Waals surface area contributed by atoms with Crippen LogP contribution in [0.15, 0.2) is 22.8 Å². The summed E-state index contributed by atoms with van der Waals surface area (Å²) in [6.07, 6.45) is 0. The Labute approximate surface area is 62.4 Å². The first-order chi connectivity index (χ1) is 5.40. The van der Waals surface area contributed by atoms with E-state index in [1.807, 2.05) is 0 Å². The van der Waals surface area contributed by atoms with Gasteiger partial charge in [0.15, 0.2) is 0 Å². The molecule has 4 nitrogen and oxygen atoms in total. The molecule has 4 heteroatoms. The average Bonchev–Trinajstić information content (AvgIpc) is 2.50. The number of hydrogen-bond donors (Lipinski definition) is 1. The van der Waals surface area contributed by atoms with Gasteiger partial charge in [0.25, 0.3) is 0 Å². The summed E-state index contributed by atoms with van der Waals surface area (Å²) in [4.78, 5) is 0. The van der Waals surface area contributed by atoms with E-state index < -0.39 is 0 Å². The predicted octanol–water partition coefficient (Wildman–Crippen LogP) is 0.715. The van der Waals surface area contributed by atoms with Gasteiger partial charge in [0, 0.05) is 0 Å². The fourth-order valence-electron chi connectivity index (χ4n) is 0.926. The van der Waals surface area contributed by atoms with Gasteiger partial charge in [-0.05, 0) is 28.0 Å². The van der Waals surface area contributed by atoms with Gasteiger partial charge >= 0.3 is 0 Å². The number of aliphatic hydroxyl groups is 1. The lowest BCUT2D eigenvalue weighted by Crippen LogP contribution is -1.81. The zero-order chi connectivity index (χ0) is 7.68. The molecule has 0 fully saturated rings. The standard InChI is InChI=1S/C7H6N2O2/c10-4-5-1-2-6-7(3-5)9-11-8-6/h1-3,10H,4H2. The summed E-state index contributed by atoms with van der Waals surface area (Å²) < 4.78 is 4.48. The molecule has 2 aromatic rings. The third-order valence-electron chi connectivity index (χ3n) is 1.50. The van der Waals surface area contributed by atoms with Crippen molar-refractivity contribution in [1.82, 2.24) is 10.3 Å². The van der Waals surface area contributed by atoms with Gasteiger partial charge in [-0.15, -0.1) is 0 Å². The third kappa shape index (κ3) is 0.969. The van der Waals surface area contributed by atoms with E-state index in [0.717, 1.165) is 5.56 Å². The Morgan fingerprint density at radius 2 is 2.09 bits per heavy atom. The van der Waals surface area contributed by atoms with E-state index in [0.29, 0.717) is 11.0 Å². The number of fused-ring (bicyclic) bond motifs is 1. The van der Waals surface area contributed by atoms with Crippen LogP contribution in [0, 0.1) is 0 Å². The predicted molar refractivity (Wildman–Crippen MR) is 37.7 cm³/mol. The van der Waals surface area contributed by atoms with Gasteiger partial charge in [0.2, 0.25) is 0 Å². The molecule has 0 saturated carbocycles. The van der Waals surface area contributed by atoms with Crippen molar-refractivity contribution in [1.29, 1.82) is 0 Å². The van der Waals surface area contributed by atoms with Gasteiger partial charge in [-0.3, -0.25) is 0 Å². The van der Waals surface area contributed by atoms with Crippen LogP contribution < -0.4 is 0 Å². The number of aliphatic hydroxyl groups excluding tert-OH is 1. The van der Waals surface area contributed by atoms with Crippen LogP contribution in [-0.2, 0) is 6.61 Å². The molecule has 0 bridgehead atoms. The van der Waals surface area contributed by atoms with Gasteiger partial charge in [0.1, 0.15) is 11.0 Å². The molecule has 0 spiro atoms. The summed E-state index contributed by atoms with van der Waals surface area (Å²) in [5.41, 5.74) is 2.20. The highest BCUT2D eigenvalue weighted by atomic mass is 16.6. The molecule has 2 rings (SSSR count). The highest BCUT2D eigenvalue weighted by Crippen LogP contribution is 2.10. The maximum Gasteiger partial charge on any atom is 0.135 e. The van der Waals surface area contributed by atoms with E-state index in [2.05, 4.69) is 14.9 Å². The van der Waals surface area contributed by atoms with Gasteiger partial charge in [-0.25, -0.2) is 4.63 Å². The van der Waals surface area contributed by atoms with Crippen LogP contribution in [0.4, 0.5) is 0 Å². The first-order valence-electron chi connectivity index (χ1n) is 3.22. The molecule has 1 N–H and O–H groups in total. The molecule has 0 aliphatic heterocycles. The summed E-state index contributed by atoms with van der Waals surface area (Å²) in [5.74, 6) is 0. The summed E-state index contributed by atoms with van der Waals surface area (Å²) >= 11 is 0. The largest absolute Gasteiger partial charge is 0.392 e. The van der Waals surface area contributed by atoms with Crippen molar-refractivity contribution in [2.75, 3.05) is 0 Å². The smallest absolute Gasteiger partial charge is 0.135 e. The van der Waals surface area contributed by atoms with E-state index >= 15 is 0 Å². The lowest BCUT2D eigenvalue weighted by molar-refractivity contribution is 0.282. The summed E-state index contributed by atoms with van der Waals surface area (Å²) in [7, 11) is 0. The maximum absolute atomic E-state index is 8.76. The summed E-state index contributed by atoms with van der Waals surface area (Å²) in [6.45, 7) is 0.0167. The molecular formula is C7H6N2O2. The molecule has 1 aromatic carbocycles. The first-order valence-corrected chi connectivity index (χ1v) is 3.22. The van der Waals surface area contributed by atoms with Gasteiger partial charge < -0.3 is 5.11 Å². The Morgan fingerprint density at radius 1 is 1.27 bits per heavy atom. The van der Waals surface area contributed by atoms with Gasteiger partial charge in [0.05, 0.1) is 6.61 Å². The second-order valence-electron chi connectivity index (χ2n) is 2.25. The molecular weight excluding hydrogens is 144 g/mol. The third-order valence-corrected chi connectivity index (χ3v) is 1.50. The Morgan fingerprint density at radius 3 is 2.91 bits per heavy atom. The quantitative estimate of drug-likeness (QED) is 0.650. The minimum atomic E-state index is 0.0167. The highest BCUT2D eigenvalue weighted by molar-refractivity contribution is 5.73. The molecule has 0 unspecified atom stereocenters. The van der Waals surface area contributed by atoms with E-state index in [1.54, 1.807) is 18.2 Å². The second kappa shape index (κ2) is 2.32. The van der Waals surface area contributed by atoms with Crippen LogP contribution >= 0.6 is 0 Å². The number of benzene rings is 1. The molecule has 1 aromatic heterocycles. The van der Waals surface area contributed by atoms with E-state index in [1.165, 1.54) is 0 Å². The maximum atomic E-state index is 8.76. The Bertz CT molecular complexity index is 369. The van der Waals surface area contributed by atoms with Crippen molar-refractivity contribution in [3.05, 3.63) is 23.8 Å². The normalized spacial score (nSPS) is 10.6. The molecule has 0 amide bonds. The van der Waals surface area contributed by atoms with Crippen LogP contribution in [0.2, 0.25) is 0 Å². The lowest BCUT2D eigenvalue weighted by atomic mass is 10.2. The summed E-state index contributed by atoms with van der Waals surface area (Å²) in [6, 6.07) is 5.29. The van der Waals surface area contributed by atoms with Gasteiger partial charge in [-0.2, -0.15) is 0 Å². The number of aromatic nitrogens is 2. The molecule has 0 atom stereocenters. The molecule has 0 saturated heterocycles. The van der Waals surface area contributed by atoms with Crippen molar-refractivity contribution in [2.24, 2.45) is 0 Å². The van der Waals surface area contributed by atoms with E-state index in [-0.39, 0.29) is 6.61 Å². The highest BCUT2D eigenvalue weighted by Gasteiger charge is 1.99. The fourth-order valence-corrected chi connectivity index (χ4v) is 0.926. The van der Waals surface area contributed by atoms with E-state index in [4.69, 9.17) is 5.11 Å². The fraction of sp³-hybridized carbons (Fsp3) is 0.143. The second-order valence-corrected chi connectivity index (χ2v) is 2.25. The van der Waals surface area contributed by atoms with Crippen LogP contribution in [0.5, 0.6) is 0 Å². The number of hydrogen-bond acceptors (Lipinski definition) is 4. The first kappa shape index (κ1) is 6.30. The Balaban J connectivity index is 2.67. The van der Waals surface area contributed by atoms with Crippen LogP contribution in [0.25, 0.3) is 11.0 Å². The van der Waals surface area contributed by atoms with Crippen LogP contribution in [0.3, 0.4) is 0 Å². The average molecular weight is 150 g/mol. The lowest BCUT2D eigenvalue weighted by Gasteiger charge is -1.90. The van der Waals surface area contributed by atoms with Crippen molar-refractivity contribution in [3.63, 3.8) is 0 Å². The van der Waals surface area contributed by atoms with Gasteiger partial charge in [-0.1, -0.05) is 6.07 Å². The van der Waals surface area contributed by atoms with Crippen molar-refractivity contribution >= 4 is 11.0 Å². The van der Waals surface area contributed by atoms with Crippen molar-refractivity contribution in [3.8, 4) is 0 Å². The molecule has 0 aliphatic carbocycles. The summed E-state index contributed by atoms with van der Waals surface area (Å²) in [5, 5.41) is 16.0. The Hall–Kier alpha value is -1.42.